The third-order valence-electron chi connectivity index (χ3n) is 4.56. The van der Waals surface area contributed by atoms with Crippen LogP contribution in [0.15, 0.2) is 18.2 Å². The highest BCUT2D eigenvalue weighted by Crippen LogP contribution is 2.31. The van der Waals surface area contributed by atoms with Gasteiger partial charge < -0.3 is 10.1 Å². The number of piperidine rings is 1. The molecule has 1 aliphatic rings. The Morgan fingerprint density at radius 2 is 2.24 bits per heavy atom. The van der Waals surface area contributed by atoms with Crippen molar-refractivity contribution in [2.75, 3.05) is 27.2 Å². The van der Waals surface area contributed by atoms with Crippen LogP contribution in [-0.4, -0.2) is 38.2 Å². The van der Waals surface area contributed by atoms with Gasteiger partial charge in [0.05, 0.1) is 7.11 Å². The van der Waals surface area contributed by atoms with E-state index in [1.54, 1.807) is 12.1 Å². The van der Waals surface area contributed by atoms with Crippen LogP contribution in [0.25, 0.3) is 0 Å². The lowest BCUT2D eigenvalue weighted by Gasteiger charge is -2.40. The van der Waals surface area contributed by atoms with Gasteiger partial charge in [0.1, 0.15) is 0 Å². The molecule has 1 saturated heterocycles. The van der Waals surface area contributed by atoms with Crippen molar-refractivity contribution >= 4 is 0 Å². The summed E-state index contributed by atoms with van der Waals surface area (Å²) in [5.74, 6) is 0.0435. The SMILES string of the molecule is CNCCC1CCCCN1C(C)c1ccc(OC)c(F)c1. The van der Waals surface area contributed by atoms with Crippen LogP contribution >= 0.6 is 0 Å². The van der Waals surface area contributed by atoms with Crippen LogP contribution in [0.2, 0.25) is 0 Å². The molecule has 118 valence electrons. The molecule has 2 atom stereocenters. The molecule has 2 rings (SSSR count). The van der Waals surface area contributed by atoms with Gasteiger partial charge in [-0.1, -0.05) is 12.5 Å². The van der Waals surface area contributed by atoms with Crippen molar-refractivity contribution in [3.05, 3.63) is 29.6 Å². The van der Waals surface area contributed by atoms with E-state index >= 15 is 0 Å². The molecule has 2 unspecified atom stereocenters. The summed E-state index contributed by atoms with van der Waals surface area (Å²) in [6, 6.07) is 6.16. The second-order valence-corrected chi connectivity index (χ2v) is 5.85. The van der Waals surface area contributed by atoms with Gasteiger partial charge in [-0.2, -0.15) is 0 Å². The van der Waals surface area contributed by atoms with E-state index in [0.717, 1.165) is 25.1 Å². The number of halogens is 1. The van der Waals surface area contributed by atoms with Crippen molar-refractivity contribution in [3.8, 4) is 5.75 Å². The van der Waals surface area contributed by atoms with Crippen molar-refractivity contribution in [2.45, 2.75) is 44.7 Å². The molecule has 1 aromatic rings. The zero-order valence-corrected chi connectivity index (χ0v) is 13.4. The highest BCUT2D eigenvalue weighted by molar-refractivity contribution is 5.31. The molecule has 1 aromatic carbocycles. The topological polar surface area (TPSA) is 24.5 Å². The zero-order chi connectivity index (χ0) is 15.2. The van der Waals surface area contributed by atoms with Gasteiger partial charge in [0.2, 0.25) is 0 Å². The second kappa shape index (κ2) is 7.76. The van der Waals surface area contributed by atoms with Gasteiger partial charge in [-0.05, 0) is 64.0 Å². The highest BCUT2D eigenvalue weighted by Gasteiger charge is 2.27. The summed E-state index contributed by atoms with van der Waals surface area (Å²) < 4.78 is 18.9. The number of benzene rings is 1. The minimum absolute atomic E-state index is 0.243. The molecule has 1 fully saturated rings. The first-order valence-electron chi connectivity index (χ1n) is 7.91. The Morgan fingerprint density at radius 3 is 2.90 bits per heavy atom. The maximum Gasteiger partial charge on any atom is 0.165 e. The van der Waals surface area contributed by atoms with Gasteiger partial charge in [-0.15, -0.1) is 0 Å². The van der Waals surface area contributed by atoms with Crippen molar-refractivity contribution in [2.24, 2.45) is 0 Å². The van der Waals surface area contributed by atoms with Gasteiger partial charge >= 0.3 is 0 Å². The fourth-order valence-electron chi connectivity index (χ4n) is 3.29. The van der Waals surface area contributed by atoms with Crippen LogP contribution in [0.5, 0.6) is 5.75 Å². The Kier molecular flexibility index (Phi) is 6.00. The maximum atomic E-state index is 13.9. The average molecular weight is 294 g/mol. The molecule has 0 spiro atoms. The van der Waals surface area contributed by atoms with Crippen LogP contribution < -0.4 is 10.1 Å². The van der Waals surface area contributed by atoms with Crippen molar-refractivity contribution in [1.29, 1.82) is 0 Å². The second-order valence-electron chi connectivity index (χ2n) is 5.85. The van der Waals surface area contributed by atoms with Crippen LogP contribution in [-0.2, 0) is 0 Å². The third-order valence-corrected chi connectivity index (χ3v) is 4.56. The summed E-state index contributed by atoms with van der Waals surface area (Å²) in [7, 11) is 3.50. The van der Waals surface area contributed by atoms with Gasteiger partial charge in [0, 0.05) is 12.1 Å². The monoisotopic (exact) mass is 294 g/mol. The summed E-state index contributed by atoms with van der Waals surface area (Å²) in [6.45, 7) is 4.31. The first-order chi connectivity index (χ1) is 10.2. The van der Waals surface area contributed by atoms with Gasteiger partial charge in [-0.3, -0.25) is 4.90 Å². The van der Waals surface area contributed by atoms with Crippen LogP contribution in [0, 0.1) is 5.82 Å². The molecular weight excluding hydrogens is 267 g/mol. The average Bonchev–Trinajstić information content (AvgIpc) is 2.52. The molecule has 1 aliphatic heterocycles. The fourth-order valence-corrected chi connectivity index (χ4v) is 3.29. The number of rotatable bonds is 6. The van der Waals surface area contributed by atoms with E-state index in [9.17, 15) is 4.39 Å². The Bertz CT molecular complexity index is 452. The molecule has 1 N–H and O–H groups in total. The minimum atomic E-state index is -0.273. The van der Waals surface area contributed by atoms with Crippen LogP contribution in [0.3, 0.4) is 0 Å². The summed E-state index contributed by atoms with van der Waals surface area (Å²) in [5.41, 5.74) is 1.03. The zero-order valence-electron chi connectivity index (χ0n) is 13.4. The summed E-state index contributed by atoms with van der Waals surface area (Å²) >= 11 is 0. The number of hydrogen-bond donors (Lipinski definition) is 1. The Balaban J connectivity index is 2.12. The van der Waals surface area contributed by atoms with Crippen molar-refractivity contribution in [3.63, 3.8) is 0 Å². The number of nitrogens with zero attached hydrogens (tertiary/aromatic N) is 1. The van der Waals surface area contributed by atoms with E-state index < -0.39 is 0 Å². The van der Waals surface area contributed by atoms with Gasteiger partial charge in [0.25, 0.3) is 0 Å². The standard InChI is InChI=1S/C17H27FN2O/c1-13(14-7-8-17(21-3)16(18)12-14)20-11-5-4-6-15(20)9-10-19-2/h7-8,12-13,15,19H,4-6,9-11H2,1-3H3. The number of nitrogens with one attached hydrogen (secondary N) is 1. The molecule has 0 radical (unpaired) electrons. The molecule has 0 aliphatic carbocycles. The van der Waals surface area contributed by atoms with E-state index in [-0.39, 0.29) is 11.9 Å². The first-order valence-corrected chi connectivity index (χ1v) is 7.91. The summed E-state index contributed by atoms with van der Waals surface area (Å²) in [5, 5.41) is 3.24. The van der Waals surface area contributed by atoms with E-state index in [2.05, 4.69) is 17.1 Å². The third kappa shape index (κ3) is 3.95. The lowest BCUT2D eigenvalue weighted by Crippen LogP contribution is -2.42. The fraction of sp³-hybridized carbons (Fsp3) is 0.647. The van der Waals surface area contributed by atoms with E-state index in [4.69, 9.17) is 4.74 Å². The molecule has 4 heteroatoms. The normalized spacial score (nSPS) is 21.2. The van der Waals surface area contributed by atoms with E-state index in [1.807, 2.05) is 13.1 Å². The molecule has 0 bridgehead atoms. The highest BCUT2D eigenvalue weighted by atomic mass is 19.1. The van der Waals surface area contributed by atoms with Crippen molar-refractivity contribution in [1.82, 2.24) is 10.2 Å². The molecule has 21 heavy (non-hydrogen) atoms. The molecule has 1 heterocycles. The number of ether oxygens (including phenoxy) is 1. The summed E-state index contributed by atoms with van der Waals surface area (Å²) in [6.07, 6.45) is 4.93. The Morgan fingerprint density at radius 1 is 1.43 bits per heavy atom. The largest absolute Gasteiger partial charge is 0.494 e. The quantitative estimate of drug-likeness (QED) is 0.870. The number of hydrogen-bond acceptors (Lipinski definition) is 3. The predicted molar refractivity (Wildman–Crippen MR) is 84.3 cm³/mol. The lowest BCUT2D eigenvalue weighted by molar-refractivity contribution is 0.0970. The Hall–Kier alpha value is -1.13. The lowest BCUT2D eigenvalue weighted by atomic mass is 9.95. The Labute approximate surface area is 127 Å². The van der Waals surface area contributed by atoms with Crippen LogP contribution in [0.4, 0.5) is 4.39 Å². The molecular formula is C17H27FN2O. The molecule has 3 nitrogen and oxygen atoms in total. The number of methoxy groups -OCH3 is 1. The van der Waals surface area contributed by atoms with Gasteiger partial charge in [-0.25, -0.2) is 4.39 Å². The smallest absolute Gasteiger partial charge is 0.165 e. The maximum absolute atomic E-state index is 13.9. The summed E-state index contributed by atoms with van der Waals surface area (Å²) in [4.78, 5) is 2.53. The van der Waals surface area contributed by atoms with Crippen molar-refractivity contribution < 1.29 is 9.13 Å². The molecule has 0 amide bonds. The number of likely N-dealkylation sites (tertiary alicyclic amines) is 1. The minimum Gasteiger partial charge on any atom is -0.494 e. The molecule has 0 saturated carbocycles. The van der Waals surface area contributed by atoms with Gasteiger partial charge in [0.15, 0.2) is 11.6 Å². The first kappa shape index (κ1) is 16.2. The molecule has 0 aromatic heterocycles. The van der Waals surface area contributed by atoms with Crippen LogP contribution in [0.1, 0.15) is 44.2 Å². The van der Waals surface area contributed by atoms with E-state index in [0.29, 0.717) is 11.8 Å². The predicted octanol–water partition coefficient (Wildman–Crippen LogP) is 3.36. The van der Waals surface area contributed by atoms with E-state index in [1.165, 1.54) is 26.4 Å².